The number of hydrogen-bond donors (Lipinski definition) is 4. The van der Waals surface area contributed by atoms with Gasteiger partial charge in [-0.2, -0.15) is 0 Å². The molecule has 124 valence electrons. The first kappa shape index (κ1) is 17.4. The molecule has 0 fully saturated rings. The Bertz CT molecular complexity index is 422. The van der Waals surface area contributed by atoms with Crippen molar-refractivity contribution in [1.29, 1.82) is 0 Å². The molecule has 4 N–H and O–H groups in total. The van der Waals surface area contributed by atoms with Gasteiger partial charge in [-0.25, -0.2) is 0 Å². The molecule has 22 heavy (non-hydrogen) atoms. The van der Waals surface area contributed by atoms with Gasteiger partial charge in [0.2, 0.25) is 0 Å². The van der Waals surface area contributed by atoms with E-state index in [0.29, 0.717) is 0 Å². The second-order valence-corrected chi connectivity index (χ2v) is 6.31. The Morgan fingerprint density at radius 3 is 1.05 bits per heavy atom. The van der Waals surface area contributed by atoms with Gasteiger partial charge < -0.3 is 21.3 Å². The number of fused-ring (bicyclic) bond motifs is 13. The van der Waals surface area contributed by atoms with E-state index in [1.54, 1.807) is 0 Å². The van der Waals surface area contributed by atoms with Crippen molar-refractivity contribution in [2.45, 2.75) is 40.8 Å². The quantitative estimate of drug-likeness (QED) is 0.546. The van der Waals surface area contributed by atoms with Crippen LogP contribution in [0.4, 0.5) is 0 Å². The molecule has 1 aromatic rings. The van der Waals surface area contributed by atoms with Crippen molar-refractivity contribution in [3.63, 3.8) is 0 Å². The van der Waals surface area contributed by atoms with Gasteiger partial charge >= 0.3 is 0 Å². The molecule has 0 atom stereocenters. The predicted molar refractivity (Wildman–Crippen MR) is 94.5 cm³/mol. The monoisotopic (exact) mass is 304 g/mol. The summed E-state index contributed by atoms with van der Waals surface area (Å²) in [6, 6.07) is 0. The summed E-state index contributed by atoms with van der Waals surface area (Å²) in [4.78, 5) is 0. The summed E-state index contributed by atoms with van der Waals surface area (Å²) >= 11 is 0. The molecule has 4 heteroatoms. The molecule has 3 rings (SSSR count). The summed E-state index contributed by atoms with van der Waals surface area (Å²) in [5.74, 6) is 0. The van der Waals surface area contributed by atoms with E-state index < -0.39 is 0 Å². The van der Waals surface area contributed by atoms with Gasteiger partial charge in [0.25, 0.3) is 0 Å². The normalized spacial score (nSPS) is 18.5. The van der Waals surface area contributed by atoms with Crippen molar-refractivity contribution in [3.05, 3.63) is 33.4 Å². The summed E-state index contributed by atoms with van der Waals surface area (Å²) < 4.78 is 0. The SMILES string of the molecule is Cc1c(C)c2c(C)c(C)c1CNCCNCCNCCNC2. The maximum Gasteiger partial charge on any atom is 0.0211 e. The van der Waals surface area contributed by atoms with Crippen LogP contribution in [0.2, 0.25) is 0 Å². The fourth-order valence-corrected chi connectivity index (χ4v) is 3.21. The first-order valence-electron chi connectivity index (χ1n) is 8.54. The van der Waals surface area contributed by atoms with Crippen LogP contribution in [0.15, 0.2) is 0 Å². The van der Waals surface area contributed by atoms with Crippen LogP contribution in [0.3, 0.4) is 0 Å². The fourth-order valence-electron chi connectivity index (χ4n) is 3.21. The Kier molecular flexibility index (Phi) is 6.83. The van der Waals surface area contributed by atoms with Crippen LogP contribution in [0, 0.1) is 27.7 Å². The molecular weight excluding hydrogens is 272 g/mol. The second-order valence-electron chi connectivity index (χ2n) is 6.31. The molecule has 0 amide bonds. The molecule has 0 unspecified atom stereocenters. The lowest BCUT2D eigenvalue weighted by molar-refractivity contribution is 0.562. The summed E-state index contributed by atoms with van der Waals surface area (Å²) in [5.41, 5.74) is 8.76. The van der Waals surface area contributed by atoms with Crippen molar-refractivity contribution in [1.82, 2.24) is 21.3 Å². The van der Waals surface area contributed by atoms with E-state index >= 15 is 0 Å². The van der Waals surface area contributed by atoms with Crippen LogP contribution in [0.1, 0.15) is 33.4 Å². The van der Waals surface area contributed by atoms with E-state index in [0.717, 1.165) is 52.4 Å². The first-order chi connectivity index (χ1) is 10.6. The molecule has 2 aliphatic heterocycles. The third-order valence-electron chi connectivity index (χ3n) is 4.97. The number of rotatable bonds is 0. The molecule has 0 aromatic heterocycles. The van der Waals surface area contributed by atoms with Gasteiger partial charge in [-0.15, -0.1) is 0 Å². The van der Waals surface area contributed by atoms with E-state index in [1.807, 2.05) is 0 Å². The zero-order chi connectivity index (χ0) is 15.9. The fraction of sp³-hybridized carbons (Fsp3) is 0.667. The number of benzene rings is 1. The van der Waals surface area contributed by atoms with Crippen LogP contribution >= 0.6 is 0 Å². The highest BCUT2D eigenvalue weighted by molar-refractivity contribution is 5.50. The van der Waals surface area contributed by atoms with Crippen molar-refractivity contribution in [3.8, 4) is 0 Å². The van der Waals surface area contributed by atoms with Crippen molar-refractivity contribution >= 4 is 0 Å². The summed E-state index contributed by atoms with van der Waals surface area (Å²) in [7, 11) is 0. The molecule has 4 nitrogen and oxygen atoms in total. The van der Waals surface area contributed by atoms with Gasteiger partial charge in [-0.1, -0.05) is 0 Å². The lowest BCUT2D eigenvalue weighted by atomic mass is 9.88. The van der Waals surface area contributed by atoms with Gasteiger partial charge in [-0.05, 0) is 61.1 Å². The molecule has 0 saturated heterocycles. The van der Waals surface area contributed by atoms with Crippen molar-refractivity contribution in [2.24, 2.45) is 0 Å². The summed E-state index contributed by atoms with van der Waals surface area (Å²) in [6.45, 7) is 17.1. The van der Waals surface area contributed by atoms with Crippen molar-refractivity contribution < 1.29 is 0 Å². The minimum atomic E-state index is 0.965. The highest BCUT2D eigenvalue weighted by Crippen LogP contribution is 2.26. The molecule has 2 aliphatic rings. The third kappa shape index (κ3) is 4.29. The van der Waals surface area contributed by atoms with E-state index in [4.69, 9.17) is 0 Å². The first-order valence-corrected chi connectivity index (χ1v) is 8.54. The molecule has 2 bridgehead atoms. The zero-order valence-electron chi connectivity index (χ0n) is 14.7. The minimum Gasteiger partial charge on any atom is -0.314 e. The van der Waals surface area contributed by atoms with Gasteiger partial charge in [0.15, 0.2) is 0 Å². The molecule has 0 radical (unpaired) electrons. The van der Waals surface area contributed by atoms with E-state index in [9.17, 15) is 0 Å². The zero-order valence-corrected chi connectivity index (χ0v) is 14.7. The number of nitrogens with one attached hydrogen (secondary N) is 4. The van der Waals surface area contributed by atoms with Gasteiger partial charge in [0.1, 0.15) is 0 Å². The Labute approximate surface area is 135 Å². The molecule has 0 spiro atoms. The van der Waals surface area contributed by atoms with Crippen LogP contribution in [0.25, 0.3) is 0 Å². The molecule has 0 aliphatic carbocycles. The smallest absolute Gasteiger partial charge is 0.0211 e. The van der Waals surface area contributed by atoms with Crippen LogP contribution in [-0.2, 0) is 13.1 Å². The lowest BCUT2D eigenvalue weighted by Gasteiger charge is -2.22. The minimum absolute atomic E-state index is 0.965. The van der Waals surface area contributed by atoms with Crippen LogP contribution in [-0.4, -0.2) is 39.3 Å². The molecule has 2 heterocycles. The number of hydrogen-bond acceptors (Lipinski definition) is 4. The van der Waals surface area contributed by atoms with E-state index in [-0.39, 0.29) is 0 Å². The van der Waals surface area contributed by atoms with Gasteiger partial charge in [0, 0.05) is 52.4 Å². The average Bonchev–Trinajstić information content (AvgIpc) is 2.51. The Morgan fingerprint density at radius 1 is 0.455 bits per heavy atom. The Morgan fingerprint density at radius 2 is 0.727 bits per heavy atom. The van der Waals surface area contributed by atoms with Gasteiger partial charge in [0.05, 0.1) is 0 Å². The lowest BCUT2D eigenvalue weighted by Crippen LogP contribution is -2.35. The van der Waals surface area contributed by atoms with E-state index in [2.05, 4.69) is 49.0 Å². The van der Waals surface area contributed by atoms with Crippen LogP contribution in [0.5, 0.6) is 0 Å². The van der Waals surface area contributed by atoms with E-state index in [1.165, 1.54) is 33.4 Å². The highest BCUT2D eigenvalue weighted by Gasteiger charge is 2.14. The second kappa shape index (κ2) is 8.63. The van der Waals surface area contributed by atoms with Crippen molar-refractivity contribution in [2.75, 3.05) is 39.3 Å². The predicted octanol–water partition coefficient (Wildman–Crippen LogP) is 1.29. The maximum atomic E-state index is 3.58. The summed E-state index contributed by atoms with van der Waals surface area (Å²) in [6.07, 6.45) is 0. The Balaban J connectivity index is 2.21. The Hall–Kier alpha value is -0.940. The van der Waals surface area contributed by atoms with Crippen LogP contribution < -0.4 is 21.3 Å². The third-order valence-corrected chi connectivity index (χ3v) is 4.97. The highest BCUT2D eigenvalue weighted by atomic mass is 15.0. The summed E-state index contributed by atoms with van der Waals surface area (Å²) in [5, 5.41) is 14.1. The van der Waals surface area contributed by atoms with Gasteiger partial charge in [-0.3, -0.25) is 0 Å². The molecule has 0 saturated carbocycles. The molecular formula is C18H32N4. The largest absolute Gasteiger partial charge is 0.314 e. The molecule has 1 aromatic carbocycles. The maximum absolute atomic E-state index is 3.58. The standard InChI is InChI=1S/C18H32N4/c1-13-14(2)18-12-22-10-8-20-6-5-19-7-9-21-11-17(13)15(3)16(18)4/h19-22H,5-12H2,1-4H3. The topological polar surface area (TPSA) is 48.1 Å². The average molecular weight is 304 g/mol.